The molecular weight excluding hydrogens is 702 g/mol. The second-order valence-electron chi connectivity index (χ2n) is 15.5. The van der Waals surface area contributed by atoms with Gasteiger partial charge in [0.15, 0.2) is 0 Å². The molecule has 0 saturated carbocycles. The van der Waals surface area contributed by atoms with Crippen LogP contribution in [0, 0.1) is 18.3 Å². The summed E-state index contributed by atoms with van der Waals surface area (Å²) in [5, 5.41) is 16.6. The molecule has 14 heteroatoms. The van der Waals surface area contributed by atoms with Crippen molar-refractivity contribution in [2.45, 2.75) is 99.0 Å². The van der Waals surface area contributed by atoms with Crippen LogP contribution < -0.4 is 10.7 Å². The molecule has 1 aromatic carbocycles. The van der Waals surface area contributed by atoms with Gasteiger partial charge in [-0.2, -0.15) is 0 Å². The molecule has 1 saturated heterocycles. The first-order chi connectivity index (χ1) is 26.1. The molecule has 4 rings (SSSR count). The Hall–Kier alpha value is -4.95. The highest BCUT2D eigenvalue weighted by Gasteiger charge is 2.41. The SMILES string of the molecule is CCc1ccc(CN(CC(O)C(Cc2ccccc2)NC(=O)C(C(C)CC)N2CCN(Cc3cccc(C)n3)C2=O)NC(=O)N(CC(C)(C)C)C(=O)OC)o1. The first-order valence-corrected chi connectivity index (χ1v) is 19.1. The second-order valence-corrected chi connectivity index (χ2v) is 15.5. The molecule has 6 amide bonds. The zero-order chi connectivity index (χ0) is 40.3. The van der Waals surface area contributed by atoms with E-state index in [1.54, 1.807) is 15.9 Å². The van der Waals surface area contributed by atoms with Crippen LogP contribution in [-0.2, 0) is 35.5 Å². The molecule has 3 heterocycles. The number of furan rings is 1. The van der Waals surface area contributed by atoms with Crippen LogP contribution in [0.4, 0.5) is 14.4 Å². The van der Waals surface area contributed by atoms with Crippen LogP contribution in [-0.4, -0.2) is 105 Å². The Morgan fingerprint density at radius 1 is 1.02 bits per heavy atom. The van der Waals surface area contributed by atoms with E-state index in [1.807, 2.05) is 103 Å². The molecule has 0 aliphatic carbocycles. The van der Waals surface area contributed by atoms with Crippen LogP contribution in [0.25, 0.3) is 0 Å². The van der Waals surface area contributed by atoms with Crippen molar-refractivity contribution in [3.63, 3.8) is 0 Å². The number of carbonyl (C=O) groups is 4. The quantitative estimate of drug-likeness (QED) is 0.150. The first-order valence-electron chi connectivity index (χ1n) is 19.1. The van der Waals surface area contributed by atoms with E-state index in [2.05, 4.69) is 15.7 Å². The maximum Gasteiger partial charge on any atom is 0.417 e. The maximum absolute atomic E-state index is 14.4. The number of imide groups is 1. The number of hydrogen-bond acceptors (Lipinski definition) is 9. The number of nitrogens with one attached hydrogen (secondary N) is 2. The lowest BCUT2D eigenvalue weighted by Gasteiger charge is -2.35. The lowest BCUT2D eigenvalue weighted by Crippen LogP contribution is -2.59. The normalized spacial score (nSPS) is 15.4. The zero-order valence-corrected chi connectivity index (χ0v) is 33.6. The molecule has 4 unspecified atom stereocenters. The number of carbonyl (C=O) groups excluding carboxylic acids is 4. The molecule has 3 aromatic rings. The van der Waals surface area contributed by atoms with Crippen LogP contribution in [0.15, 0.2) is 65.1 Å². The smallest absolute Gasteiger partial charge is 0.417 e. The second kappa shape index (κ2) is 19.6. The van der Waals surface area contributed by atoms with Crippen molar-refractivity contribution < 1.29 is 33.4 Å². The fourth-order valence-electron chi connectivity index (χ4n) is 6.63. The third-order valence-electron chi connectivity index (χ3n) is 9.65. The lowest BCUT2D eigenvalue weighted by atomic mass is 9.95. The highest BCUT2D eigenvalue weighted by atomic mass is 16.5. The number of amides is 6. The van der Waals surface area contributed by atoms with Crippen LogP contribution >= 0.6 is 0 Å². The predicted molar refractivity (Wildman–Crippen MR) is 208 cm³/mol. The van der Waals surface area contributed by atoms with Crippen LogP contribution in [0.3, 0.4) is 0 Å². The number of aliphatic hydroxyl groups is 1. The highest BCUT2D eigenvalue weighted by Crippen LogP contribution is 2.23. The van der Waals surface area contributed by atoms with Crippen molar-refractivity contribution >= 4 is 24.1 Å². The Morgan fingerprint density at radius 3 is 2.35 bits per heavy atom. The Morgan fingerprint density at radius 2 is 1.73 bits per heavy atom. The van der Waals surface area contributed by atoms with E-state index in [-0.39, 0.29) is 43.9 Å². The van der Waals surface area contributed by atoms with E-state index in [1.165, 1.54) is 12.1 Å². The number of urea groups is 2. The van der Waals surface area contributed by atoms with Crippen molar-refractivity contribution in [3.05, 3.63) is 89.1 Å². The van der Waals surface area contributed by atoms with Gasteiger partial charge in [-0.1, -0.05) is 84.4 Å². The number of rotatable bonds is 17. The number of pyridine rings is 1. The summed E-state index contributed by atoms with van der Waals surface area (Å²) in [5.41, 5.74) is 4.86. The highest BCUT2D eigenvalue weighted by molar-refractivity contribution is 5.90. The summed E-state index contributed by atoms with van der Waals surface area (Å²) in [7, 11) is 1.21. The first kappa shape index (κ1) is 42.8. The summed E-state index contributed by atoms with van der Waals surface area (Å²) in [6.45, 7) is 14.6. The average Bonchev–Trinajstić information content (AvgIpc) is 3.75. The molecule has 4 atom stereocenters. The minimum atomic E-state index is -1.23. The topological polar surface area (TPSA) is 161 Å². The van der Waals surface area contributed by atoms with E-state index in [9.17, 15) is 24.3 Å². The number of aliphatic hydroxyl groups excluding tert-OH is 1. The summed E-state index contributed by atoms with van der Waals surface area (Å²) in [6, 6.07) is 16.2. The standard InChI is InChI=1S/C41H59N7O7/c1-9-28(3)36(47-22-21-45(39(47)52)24-31-18-14-15-29(4)42-31)37(50)43-34(23-30-16-12-11-13-17-30)35(49)26-46(25-33-20-19-32(10-2)55-33)44-38(51)48(40(53)54-8)27-41(5,6)7/h11-20,28,34-36,49H,9-10,21-27H2,1-8H3,(H,43,50)(H,44,51). The lowest BCUT2D eigenvalue weighted by molar-refractivity contribution is -0.128. The van der Waals surface area contributed by atoms with Crippen LogP contribution in [0.2, 0.25) is 0 Å². The van der Waals surface area contributed by atoms with E-state index in [0.29, 0.717) is 38.2 Å². The minimum absolute atomic E-state index is 0.0583. The summed E-state index contributed by atoms with van der Waals surface area (Å²) in [6.07, 6.45) is -0.480. The minimum Gasteiger partial charge on any atom is -0.465 e. The summed E-state index contributed by atoms with van der Waals surface area (Å²) >= 11 is 0. The molecule has 1 aliphatic rings. The van der Waals surface area contributed by atoms with Gasteiger partial charge in [0.25, 0.3) is 0 Å². The number of hydrogen-bond donors (Lipinski definition) is 3. The number of methoxy groups -OCH3 is 1. The van der Waals surface area contributed by atoms with Gasteiger partial charge in [0.05, 0.1) is 38.0 Å². The van der Waals surface area contributed by atoms with Gasteiger partial charge in [-0.3, -0.25) is 15.2 Å². The molecule has 1 fully saturated rings. The van der Waals surface area contributed by atoms with Gasteiger partial charge >= 0.3 is 18.2 Å². The fourth-order valence-corrected chi connectivity index (χ4v) is 6.63. The molecule has 300 valence electrons. The largest absolute Gasteiger partial charge is 0.465 e. The number of aromatic nitrogens is 1. The molecule has 0 spiro atoms. The van der Waals surface area contributed by atoms with Crippen molar-refractivity contribution in [1.82, 2.24) is 35.4 Å². The van der Waals surface area contributed by atoms with Crippen molar-refractivity contribution in [1.29, 1.82) is 0 Å². The van der Waals surface area contributed by atoms with Gasteiger partial charge in [-0.25, -0.2) is 24.3 Å². The van der Waals surface area contributed by atoms with Crippen LogP contribution in [0.1, 0.15) is 76.4 Å². The summed E-state index contributed by atoms with van der Waals surface area (Å²) < 4.78 is 10.9. The van der Waals surface area contributed by atoms with Crippen molar-refractivity contribution in [2.24, 2.45) is 11.3 Å². The monoisotopic (exact) mass is 761 g/mol. The number of aryl methyl sites for hydroxylation is 2. The Kier molecular flexibility index (Phi) is 15.2. The molecule has 3 N–H and O–H groups in total. The fraction of sp³-hybridized carbons (Fsp3) is 0.537. The number of ether oxygens (including phenoxy) is 1. The van der Waals surface area contributed by atoms with E-state index >= 15 is 0 Å². The molecule has 0 bridgehead atoms. The van der Waals surface area contributed by atoms with Crippen molar-refractivity contribution in [3.8, 4) is 0 Å². The van der Waals surface area contributed by atoms with Crippen LogP contribution in [0.5, 0.6) is 0 Å². The summed E-state index contributed by atoms with van der Waals surface area (Å²) in [5.74, 6) is 0.712. The van der Waals surface area contributed by atoms with Crippen molar-refractivity contribution in [2.75, 3.05) is 33.3 Å². The van der Waals surface area contributed by atoms with Gasteiger partial charge in [0.2, 0.25) is 5.91 Å². The van der Waals surface area contributed by atoms with Gasteiger partial charge in [-0.05, 0) is 54.5 Å². The molecule has 14 nitrogen and oxygen atoms in total. The van der Waals surface area contributed by atoms with Gasteiger partial charge in [-0.15, -0.1) is 0 Å². The molecule has 1 aliphatic heterocycles. The molecular formula is C41H59N7O7. The summed E-state index contributed by atoms with van der Waals surface area (Å²) in [4.78, 5) is 63.5. The Balaban J connectivity index is 1.60. The molecule has 2 aromatic heterocycles. The predicted octanol–water partition coefficient (Wildman–Crippen LogP) is 5.53. The Bertz CT molecular complexity index is 1730. The molecule has 0 radical (unpaired) electrons. The number of nitrogens with zero attached hydrogens (tertiary/aromatic N) is 5. The maximum atomic E-state index is 14.4. The third-order valence-corrected chi connectivity index (χ3v) is 9.65. The third kappa shape index (κ3) is 12.3. The van der Waals surface area contributed by atoms with E-state index in [0.717, 1.165) is 27.6 Å². The van der Waals surface area contributed by atoms with Gasteiger partial charge in [0.1, 0.15) is 17.6 Å². The van der Waals surface area contributed by atoms with Gasteiger partial charge < -0.3 is 29.4 Å². The van der Waals surface area contributed by atoms with E-state index in [4.69, 9.17) is 9.15 Å². The zero-order valence-electron chi connectivity index (χ0n) is 33.6. The number of benzene rings is 1. The van der Waals surface area contributed by atoms with E-state index < -0.39 is 35.7 Å². The average molecular weight is 762 g/mol. The number of hydrazine groups is 1. The Labute approximate surface area is 325 Å². The molecule has 55 heavy (non-hydrogen) atoms. The van der Waals surface area contributed by atoms with Gasteiger partial charge in [0, 0.05) is 38.3 Å².